The molecule has 1 saturated heterocycles. The molecule has 0 bridgehead atoms. The Kier molecular flexibility index (Phi) is 7.72. The smallest absolute Gasteiger partial charge is 0.255 e. The van der Waals surface area contributed by atoms with E-state index in [4.69, 9.17) is 4.74 Å². The average Bonchev–Trinajstić information content (AvgIpc) is 3.09. The van der Waals surface area contributed by atoms with Crippen LogP contribution >= 0.6 is 11.3 Å². The number of likely N-dealkylation sites (tertiary alicyclic amines) is 1. The van der Waals surface area contributed by atoms with E-state index in [0.29, 0.717) is 24.5 Å². The van der Waals surface area contributed by atoms with Crippen molar-refractivity contribution in [1.82, 2.24) is 10.2 Å². The Morgan fingerprint density at radius 1 is 1.15 bits per heavy atom. The van der Waals surface area contributed by atoms with Crippen LogP contribution in [0.4, 0.5) is 0 Å². The number of nitrogens with zero attached hydrogens (tertiary/aromatic N) is 1. The Balaban J connectivity index is 1.69. The molecule has 2 heterocycles. The van der Waals surface area contributed by atoms with E-state index < -0.39 is 0 Å². The summed E-state index contributed by atoms with van der Waals surface area (Å²) in [6.45, 7) is 5.52. The zero-order chi connectivity index (χ0) is 18.9. The first-order chi connectivity index (χ1) is 13.3. The van der Waals surface area contributed by atoms with Crippen molar-refractivity contribution >= 4 is 17.2 Å². The van der Waals surface area contributed by atoms with Crippen LogP contribution in [0, 0.1) is 0 Å². The van der Waals surface area contributed by atoms with Gasteiger partial charge in [-0.1, -0.05) is 38.0 Å². The van der Waals surface area contributed by atoms with Crippen LogP contribution in [0.25, 0.3) is 0 Å². The lowest BCUT2D eigenvalue weighted by Crippen LogP contribution is -2.38. The summed E-state index contributed by atoms with van der Waals surface area (Å²) < 4.78 is 5.75. The lowest BCUT2D eigenvalue weighted by Gasteiger charge is -2.30. The Bertz CT molecular complexity index is 694. The van der Waals surface area contributed by atoms with Gasteiger partial charge in [0.1, 0.15) is 5.75 Å². The lowest BCUT2D eigenvalue weighted by atomic mass is 10.1. The summed E-state index contributed by atoms with van der Waals surface area (Å²) in [6.07, 6.45) is 6.02. The van der Waals surface area contributed by atoms with Crippen LogP contribution in [0.15, 0.2) is 41.8 Å². The number of carbonyl (C=O) groups excluding carboxylic acids is 1. The molecule has 0 spiro atoms. The highest BCUT2D eigenvalue weighted by Crippen LogP contribution is 2.27. The molecule has 0 unspecified atom stereocenters. The monoisotopic (exact) mass is 386 g/mol. The number of ether oxygens (including phenoxy) is 1. The van der Waals surface area contributed by atoms with E-state index in [-0.39, 0.29) is 11.9 Å². The number of amides is 1. The highest BCUT2D eigenvalue weighted by atomic mass is 32.1. The molecule has 1 aromatic carbocycles. The second-order valence-corrected chi connectivity index (χ2v) is 8.02. The third-order valence-electron chi connectivity index (χ3n) is 5.00. The zero-order valence-corrected chi connectivity index (χ0v) is 17.0. The molecule has 1 aliphatic heterocycles. The number of carbonyl (C=O) groups is 1. The number of nitrogens with one attached hydrogen (secondary N) is 1. The predicted octanol–water partition coefficient (Wildman–Crippen LogP) is 4.88. The molecule has 1 N–H and O–H groups in total. The number of hydrogen-bond acceptors (Lipinski definition) is 4. The van der Waals surface area contributed by atoms with E-state index >= 15 is 0 Å². The third kappa shape index (κ3) is 5.56. The van der Waals surface area contributed by atoms with Gasteiger partial charge in [0.2, 0.25) is 0 Å². The minimum atomic E-state index is -0.0573. The largest absolute Gasteiger partial charge is 0.493 e. The third-order valence-corrected chi connectivity index (χ3v) is 5.98. The summed E-state index contributed by atoms with van der Waals surface area (Å²) >= 11 is 1.78. The summed E-state index contributed by atoms with van der Waals surface area (Å²) in [4.78, 5) is 16.7. The van der Waals surface area contributed by atoms with Gasteiger partial charge in [0.15, 0.2) is 0 Å². The Labute approximate surface area is 166 Å². The average molecular weight is 387 g/mol. The molecule has 5 heteroatoms. The van der Waals surface area contributed by atoms with Gasteiger partial charge in [-0.3, -0.25) is 9.69 Å². The quantitative estimate of drug-likeness (QED) is 0.703. The van der Waals surface area contributed by atoms with Crippen LogP contribution in [-0.2, 0) is 0 Å². The number of para-hydroxylation sites is 1. The molecule has 0 radical (unpaired) electrons. The lowest BCUT2D eigenvalue weighted by molar-refractivity contribution is 0.0930. The maximum Gasteiger partial charge on any atom is 0.255 e. The number of benzene rings is 1. The van der Waals surface area contributed by atoms with Crippen molar-refractivity contribution in [2.75, 3.05) is 26.2 Å². The van der Waals surface area contributed by atoms with E-state index in [0.717, 1.165) is 19.5 Å². The maximum atomic E-state index is 12.8. The normalized spacial score (nSPS) is 16.5. The van der Waals surface area contributed by atoms with Crippen molar-refractivity contribution in [3.05, 3.63) is 52.2 Å². The summed E-state index contributed by atoms with van der Waals surface area (Å²) in [5.41, 5.74) is 0.617. The molecule has 0 aliphatic carbocycles. The van der Waals surface area contributed by atoms with Gasteiger partial charge in [-0.05, 0) is 55.9 Å². The van der Waals surface area contributed by atoms with Gasteiger partial charge in [0, 0.05) is 11.4 Å². The second-order valence-electron chi connectivity index (χ2n) is 7.04. The summed E-state index contributed by atoms with van der Waals surface area (Å²) in [7, 11) is 0. The second kappa shape index (κ2) is 10.5. The van der Waals surface area contributed by atoms with Crippen LogP contribution in [0.3, 0.4) is 0 Å². The highest BCUT2D eigenvalue weighted by molar-refractivity contribution is 7.10. The minimum absolute atomic E-state index is 0.0573. The molecule has 27 heavy (non-hydrogen) atoms. The van der Waals surface area contributed by atoms with Crippen molar-refractivity contribution < 1.29 is 9.53 Å². The summed E-state index contributed by atoms with van der Waals surface area (Å²) in [6, 6.07) is 12.0. The molecule has 1 atom stereocenters. The molecular formula is C22H30N2O2S. The maximum absolute atomic E-state index is 12.8. The fourth-order valence-corrected chi connectivity index (χ4v) is 4.43. The van der Waals surface area contributed by atoms with Crippen molar-refractivity contribution in [2.45, 2.75) is 45.1 Å². The van der Waals surface area contributed by atoms with Crippen LogP contribution in [0.2, 0.25) is 0 Å². The topological polar surface area (TPSA) is 41.6 Å². The predicted molar refractivity (Wildman–Crippen MR) is 112 cm³/mol. The van der Waals surface area contributed by atoms with E-state index in [1.807, 2.05) is 24.3 Å². The molecule has 1 aliphatic rings. The Morgan fingerprint density at radius 2 is 1.93 bits per heavy atom. The van der Waals surface area contributed by atoms with Gasteiger partial charge in [-0.15, -0.1) is 11.3 Å². The van der Waals surface area contributed by atoms with Crippen LogP contribution in [0.1, 0.15) is 60.3 Å². The molecule has 1 fully saturated rings. The van der Waals surface area contributed by atoms with Crippen molar-refractivity contribution in [3.8, 4) is 5.75 Å². The fourth-order valence-electron chi connectivity index (χ4n) is 3.57. The Morgan fingerprint density at radius 3 is 2.63 bits per heavy atom. The fraction of sp³-hybridized carbons (Fsp3) is 0.500. The first kappa shape index (κ1) is 19.9. The number of hydrogen-bond donors (Lipinski definition) is 1. The van der Waals surface area contributed by atoms with Crippen molar-refractivity contribution in [2.24, 2.45) is 0 Å². The first-order valence-corrected chi connectivity index (χ1v) is 10.9. The van der Waals surface area contributed by atoms with Gasteiger partial charge < -0.3 is 10.1 Å². The number of thiophene rings is 1. The van der Waals surface area contributed by atoms with E-state index in [9.17, 15) is 4.79 Å². The van der Waals surface area contributed by atoms with Crippen LogP contribution in [-0.4, -0.2) is 37.0 Å². The standard InChI is InChI=1S/C22H30N2O2S/c1-2-15-26-20-11-6-5-10-18(20)22(25)23-17-19(21-12-9-16-27-21)24-13-7-3-4-8-14-24/h5-6,9-12,16,19H,2-4,7-8,13-15,17H2,1H3,(H,23,25)/t19-/m0/s1. The molecule has 1 amide bonds. The van der Waals surface area contributed by atoms with E-state index in [1.54, 1.807) is 11.3 Å². The van der Waals surface area contributed by atoms with Crippen LogP contribution < -0.4 is 10.1 Å². The first-order valence-electron chi connectivity index (χ1n) is 10.1. The van der Waals surface area contributed by atoms with E-state index in [1.165, 1.54) is 30.6 Å². The summed E-state index contributed by atoms with van der Waals surface area (Å²) in [5.74, 6) is 0.609. The van der Waals surface area contributed by atoms with Gasteiger partial charge in [-0.25, -0.2) is 0 Å². The molecule has 146 valence electrons. The highest BCUT2D eigenvalue weighted by Gasteiger charge is 2.23. The SMILES string of the molecule is CCCOc1ccccc1C(=O)NC[C@@H](c1cccs1)N1CCCCCC1. The van der Waals surface area contributed by atoms with E-state index in [2.05, 4.69) is 34.7 Å². The Hall–Kier alpha value is -1.85. The minimum Gasteiger partial charge on any atom is -0.493 e. The van der Waals surface area contributed by atoms with Gasteiger partial charge in [0.05, 0.1) is 18.2 Å². The van der Waals surface area contributed by atoms with Crippen LogP contribution in [0.5, 0.6) is 5.75 Å². The van der Waals surface area contributed by atoms with Crippen molar-refractivity contribution in [3.63, 3.8) is 0 Å². The summed E-state index contributed by atoms with van der Waals surface area (Å²) in [5, 5.41) is 5.29. The van der Waals surface area contributed by atoms with Gasteiger partial charge >= 0.3 is 0 Å². The van der Waals surface area contributed by atoms with Gasteiger partial charge in [0.25, 0.3) is 5.91 Å². The molecule has 1 aromatic heterocycles. The number of rotatable bonds is 8. The molecule has 2 aromatic rings. The van der Waals surface area contributed by atoms with Crippen molar-refractivity contribution in [1.29, 1.82) is 0 Å². The van der Waals surface area contributed by atoms with Gasteiger partial charge in [-0.2, -0.15) is 0 Å². The molecule has 4 nitrogen and oxygen atoms in total. The molecule has 0 saturated carbocycles. The molecule has 3 rings (SSSR count). The zero-order valence-electron chi connectivity index (χ0n) is 16.2. The molecular weight excluding hydrogens is 356 g/mol.